The van der Waals surface area contributed by atoms with Gasteiger partial charge in [-0.25, -0.2) is 19.8 Å². The molecule has 10 nitrogen and oxygen atoms in total. The fourth-order valence-electron chi connectivity index (χ4n) is 2.09. The zero-order chi connectivity index (χ0) is 20.0. The van der Waals surface area contributed by atoms with Crippen LogP contribution in [0.25, 0.3) is 0 Å². The average Bonchev–Trinajstić information content (AvgIpc) is 2.59. The van der Waals surface area contributed by atoms with E-state index < -0.39 is 10.9 Å². The molecule has 144 valence electrons. The molecule has 0 atom stereocenters. The number of nitro groups is 1. The lowest BCUT2D eigenvalue weighted by Gasteiger charge is -2.14. The van der Waals surface area contributed by atoms with Gasteiger partial charge in [0.15, 0.2) is 0 Å². The first kappa shape index (κ1) is 20.0. The van der Waals surface area contributed by atoms with E-state index in [0.29, 0.717) is 17.9 Å². The number of hydrogen-bond donors (Lipinski definition) is 2. The number of hydrazine groups is 1. The Balaban J connectivity index is 2.19. The molecule has 2 aromatic rings. The Kier molecular flexibility index (Phi) is 6.61. The van der Waals surface area contributed by atoms with Gasteiger partial charge in [0.05, 0.1) is 17.1 Å². The summed E-state index contributed by atoms with van der Waals surface area (Å²) in [7, 11) is 3.38. The van der Waals surface area contributed by atoms with Crippen molar-refractivity contribution in [2.24, 2.45) is 5.92 Å². The number of benzene rings is 1. The molecule has 1 aromatic heterocycles. The van der Waals surface area contributed by atoms with Gasteiger partial charge in [0.2, 0.25) is 11.6 Å². The van der Waals surface area contributed by atoms with Gasteiger partial charge in [-0.1, -0.05) is 13.8 Å². The van der Waals surface area contributed by atoms with Crippen LogP contribution in [0, 0.1) is 16.0 Å². The largest absolute Gasteiger partial charge is 0.462 e. The average molecular weight is 374 g/mol. The van der Waals surface area contributed by atoms with Crippen LogP contribution < -0.4 is 10.7 Å². The molecule has 0 bridgehead atoms. The maximum atomic E-state index is 11.9. The van der Waals surface area contributed by atoms with Crippen molar-refractivity contribution in [2.75, 3.05) is 31.4 Å². The number of hydrogen-bond acceptors (Lipinski definition) is 9. The molecular weight excluding hydrogens is 352 g/mol. The minimum Gasteiger partial charge on any atom is -0.462 e. The normalized spacial score (nSPS) is 10.7. The lowest BCUT2D eigenvalue weighted by Crippen LogP contribution is -2.21. The number of rotatable bonds is 8. The number of ether oxygens (including phenoxy) is 1. The summed E-state index contributed by atoms with van der Waals surface area (Å²) < 4.78 is 5.17. The van der Waals surface area contributed by atoms with Gasteiger partial charge in [0, 0.05) is 19.8 Å². The maximum Gasteiger partial charge on any atom is 0.354 e. The molecule has 0 unspecified atom stereocenters. The number of aromatic nitrogens is 2. The van der Waals surface area contributed by atoms with Crippen molar-refractivity contribution < 1.29 is 14.5 Å². The molecule has 0 aliphatic heterocycles. The van der Waals surface area contributed by atoms with E-state index in [4.69, 9.17) is 4.74 Å². The van der Waals surface area contributed by atoms with E-state index in [0.717, 1.165) is 0 Å². The summed E-state index contributed by atoms with van der Waals surface area (Å²) in [5, 5.41) is 15.9. The third-order valence-electron chi connectivity index (χ3n) is 3.27. The highest BCUT2D eigenvalue weighted by molar-refractivity contribution is 5.90. The van der Waals surface area contributed by atoms with Gasteiger partial charge in [-0.15, -0.1) is 0 Å². The van der Waals surface area contributed by atoms with Gasteiger partial charge in [0.25, 0.3) is 0 Å². The molecule has 1 heterocycles. The summed E-state index contributed by atoms with van der Waals surface area (Å²) in [6.45, 7) is 4.25. The molecule has 0 spiro atoms. The second kappa shape index (κ2) is 8.90. The predicted molar refractivity (Wildman–Crippen MR) is 101 cm³/mol. The molecule has 1 aromatic carbocycles. The molecule has 0 saturated carbocycles. The first-order chi connectivity index (χ1) is 12.8. The molecule has 0 fully saturated rings. The minimum atomic E-state index is -0.564. The Labute approximate surface area is 156 Å². The van der Waals surface area contributed by atoms with Crippen LogP contribution >= 0.6 is 0 Å². The smallest absolute Gasteiger partial charge is 0.354 e. The van der Waals surface area contributed by atoms with Crippen LogP contribution in [0.4, 0.5) is 23.0 Å². The lowest BCUT2D eigenvalue weighted by atomic mass is 10.2. The van der Waals surface area contributed by atoms with Gasteiger partial charge in [-0.05, 0) is 30.2 Å². The van der Waals surface area contributed by atoms with Gasteiger partial charge in [0.1, 0.15) is 6.33 Å². The second-order valence-electron chi connectivity index (χ2n) is 6.38. The van der Waals surface area contributed by atoms with Crippen molar-refractivity contribution in [2.45, 2.75) is 13.8 Å². The number of carbonyl (C=O) groups excluding carboxylic acids is 1. The van der Waals surface area contributed by atoms with Crippen LogP contribution in [0.5, 0.6) is 0 Å². The number of anilines is 3. The molecule has 2 rings (SSSR count). The Morgan fingerprint density at radius 2 is 1.85 bits per heavy atom. The molecule has 0 saturated heterocycles. The number of nitrogens with zero attached hydrogens (tertiary/aromatic N) is 4. The van der Waals surface area contributed by atoms with E-state index in [9.17, 15) is 14.9 Å². The molecule has 27 heavy (non-hydrogen) atoms. The van der Waals surface area contributed by atoms with Crippen LogP contribution in [-0.2, 0) is 4.74 Å². The van der Waals surface area contributed by atoms with Crippen molar-refractivity contribution in [3.8, 4) is 0 Å². The first-order valence-electron chi connectivity index (χ1n) is 8.25. The molecule has 0 radical (unpaired) electrons. The Morgan fingerprint density at radius 3 is 2.41 bits per heavy atom. The fraction of sp³-hybridized carbons (Fsp3) is 0.353. The third kappa shape index (κ3) is 5.61. The summed E-state index contributed by atoms with van der Waals surface area (Å²) in [6.07, 6.45) is 1.22. The van der Waals surface area contributed by atoms with Crippen molar-refractivity contribution in [1.29, 1.82) is 0 Å². The van der Waals surface area contributed by atoms with Crippen LogP contribution in [0.2, 0.25) is 0 Å². The van der Waals surface area contributed by atoms with Crippen molar-refractivity contribution in [3.63, 3.8) is 0 Å². The lowest BCUT2D eigenvalue weighted by molar-refractivity contribution is -0.383. The molecule has 10 heteroatoms. The number of nitrogens with one attached hydrogen (secondary N) is 2. The van der Waals surface area contributed by atoms with E-state index in [-0.39, 0.29) is 23.2 Å². The van der Waals surface area contributed by atoms with Gasteiger partial charge in [-0.3, -0.25) is 15.5 Å². The van der Waals surface area contributed by atoms with E-state index in [1.807, 2.05) is 13.8 Å². The summed E-state index contributed by atoms with van der Waals surface area (Å²) in [4.78, 5) is 30.7. The summed E-state index contributed by atoms with van der Waals surface area (Å²) in [5.74, 6) is -0.0650. The molecule has 2 N–H and O–H groups in total. The highest BCUT2D eigenvalue weighted by Crippen LogP contribution is 2.31. The van der Waals surface area contributed by atoms with Crippen LogP contribution in [-0.4, -0.2) is 46.6 Å². The fourth-order valence-corrected chi connectivity index (χ4v) is 2.09. The molecule has 0 aliphatic rings. The van der Waals surface area contributed by atoms with E-state index >= 15 is 0 Å². The Hall–Kier alpha value is -3.27. The molecule has 0 amide bonds. The standard InChI is InChI=1S/C17H22N6O4/c1-11(2)9-27-17(24)12-5-7-13(8-6-12)20-15-14(23(25)26)16(19-10-18-15)21-22(3)4/h5-8,10-11H,9H2,1-4H3,(H2,18,19,20,21). The zero-order valence-corrected chi connectivity index (χ0v) is 15.6. The van der Waals surface area contributed by atoms with E-state index in [2.05, 4.69) is 20.7 Å². The third-order valence-corrected chi connectivity index (χ3v) is 3.27. The highest BCUT2D eigenvalue weighted by atomic mass is 16.6. The molecule has 0 aliphatic carbocycles. The van der Waals surface area contributed by atoms with E-state index in [1.54, 1.807) is 38.4 Å². The molecular formula is C17H22N6O4. The SMILES string of the molecule is CC(C)COC(=O)c1ccc(Nc2ncnc(NN(C)C)c2[N+](=O)[O-])cc1. The highest BCUT2D eigenvalue weighted by Gasteiger charge is 2.23. The maximum absolute atomic E-state index is 11.9. The summed E-state index contributed by atoms with van der Waals surface area (Å²) in [6, 6.07) is 6.40. The zero-order valence-electron chi connectivity index (χ0n) is 15.6. The monoisotopic (exact) mass is 374 g/mol. The minimum absolute atomic E-state index is 0.0366. The number of esters is 1. The van der Waals surface area contributed by atoms with Crippen molar-refractivity contribution in [1.82, 2.24) is 15.0 Å². The first-order valence-corrected chi connectivity index (χ1v) is 8.25. The van der Waals surface area contributed by atoms with Crippen molar-refractivity contribution >= 4 is 29.0 Å². The summed E-state index contributed by atoms with van der Waals surface area (Å²) >= 11 is 0. The predicted octanol–water partition coefficient (Wildman–Crippen LogP) is 2.83. The second-order valence-corrected chi connectivity index (χ2v) is 6.38. The number of carbonyl (C=O) groups is 1. The van der Waals surface area contributed by atoms with Crippen LogP contribution in [0.15, 0.2) is 30.6 Å². The quantitative estimate of drug-likeness (QED) is 0.408. The van der Waals surface area contributed by atoms with Crippen LogP contribution in [0.3, 0.4) is 0 Å². The van der Waals surface area contributed by atoms with Gasteiger partial charge < -0.3 is 10.1 Å². The van der Waals surface area contributed by atoms with Crippen LogP contribution in [0.1, 0.15) is 24.2 Å². The summed E-state index contributed by atoms with van der Waals surface area (Å²) in [5.41, 5.74) is 3.41. The van der Waals surface area contributed by atoms with Gasteiger partial charge >= 0.3 is 11.7 Å². The van der Waals surface area contributed by atoms with Crippen molar-refractivity contribution in [3.05, 3.63) is 46.3 Å². The van der Waals surface area contributed by atoms with E-state index in [1.165, 1.54) is 11.3 Å². The van der Waals surface area contributed by atoms with Gasteiger partial charge in [-0.2, -0.15) is 0 Å². The topological polar surface area (TPSA) is 123 Å². The Bertz CT molecular complexity index is 808. The Morgan fingerprint density at radius 1 is 1.22 bits per heavy atom.